The fourth-order valence-electron chi connectivity index (χ4n) is 2.64. The van der Waals surface area contributed by atoms with Crippen molar-refractivity contribution in [1.29, 1.82) is 0 Å². The molecule has 20 heavy (non-hydrogen) atoms. The van der Waals surface area contributed by atoms with Crippen LogP contribution in [0.2, 0.25) is 5.02 Å². The summed E-state index contributed by atoms with van der Waals surface area (Å²) in [6.45, 7) is 0.575. The highest BCUT2D eigenvalue weighted by atomic mass is 35.5. The van der Waals surface area contributed by atoms with Crippen LogP contribution in [0.15, 0.2) is 18.2 Å². The topological polar surface area (TPSA) is 58.6 Å². The summed E-state index contributed by atoms with van der Waals surface area (Å²) in [6, 6.07) is 4.97. The number of amides is 1. The van der Waals surface area contributed by atoms with Crippen LogP contribution in [-0.2, 0) is 0 Å². The Morgan fingerprint density at radius 3 is 3.00 bits per heavy atom. The second-order valence-corrected chi connectivity index (χ2v) is 5.68. The van der Waals surface area contributed by atoms with Crippen LogP contribution in [0.25, 0.3) is 0 Å². The third kappa shape index (κ3) is 3.87. The minimum Gasteiger partial charge on any atom is -0.496 e. The summed E-state index contributed by atoms with van der Waals surface area (Å²) in [5.74, 6) is 0.660. The molecule has 0 bridgehead atoms. The Labute approximate surface area is 124 Å². The number of nitrogens with one attached hydrogen (secondary N) is 1. The van der Waals surface area contributed by atoms with Gasteiger partial charge in [-0.3, -0.25) is 4.79 Å². The SMILES string of the molecule is COc1ccc(Cl)cc1C(=O)NCC1CCCC(O)C1. The molecule has 5 heteroatoms. The molecule has 1 aromatic rings. The lowest BCUT2D eigenvalue weighted by Gasteiger charge is -2.26. The van der Waals surface area contributed by atoms with Crippen molar-refractivity contribution in [3.8, 4) is 5.75 Å². The largest absolute Gasteiger partial charge is 0.496 e. The van der Waals surface area contributed by atoms with Crippen LogP contribution < -0.4 is 10.1 Å². The summed E-state index contributed by atoms with van der Waals surface area (Å²) in [5.41, 5.74) is 0.441. The maximum absolute atomic E-state index is 12.2. The number of ether oxygens (including phenoxy) is 1. The van der Waals surface area contributed by atoms with Crippen molar-refractivity contribution in [2.24, 2.45) is 5.92 Å². The van der Waals surface area contributed by atoms with Gasteiger partial charge in [0.15, 0.2) is 0 Å². The molecule has 1 aromatic carbocycles. The zero-order valence-electron chi connectivity index (χ0n) is 11.6. The van der Waals surface area contributed by atoms with Crippen LogP contribution >= 0.6 is 11.6 Å². The number of methoxy groups -OCH3 is 1. The van der Waals surface area contributed by atoms with E-state index in [0.717, 1.165) is 25.7 Å². The van der Waals surface area contributed by atoms with E-state index in [0.29, 0.717) is 28.8 Å². The molecule has 1 fully saturated rings. The van der Waals surface area contributed by atoms with Gasteiger partial charge in [-0.15, -0.1) is 0 Å². The number of carbonyl (C=O) groups excluding carboxylic acids is 1. The zero-order valence-corrected chi connectivity index (χ0v) is 12.3. The summed E-state index contributed by atoms with van der Waals surface area (Å²) >= 11 is 5.92. The van der Waals surface area contributed by atoms with Crippen molar-refractivity contribution < 1.29 is 14.6 Å². The molecule has 0 heterocycles. The Balaban J connectivity index is 1.96. The van der Waals surface area contributed by atoms with Crippen molar-refractivity contribution >= 4 is 17.5 Å². The highest BCUT2D eigenvalue weighted by molar-refractivity contribution is 6.31. The highest BCUT2D eigenvalue weighted by Gasteiger charge is 2.21. The van der Waals surface area contributed by atoms with Gasteiger partial charge in [0.05, 0.1) is 18.8 Å². The Morgan fingerprint density at radius 1 is 1.50 bits per heavy atom. The number of benzene rings is 1. The molecule has 110 valence electrons. The Kier molecular flexibility index (Phi) is 5.26. The van der Waals surface area contributed by atoms with Crippen molar-refractivity contribution in [1.82, 2.24) is 5.32 Å². The van der Waals surface area contributed by atoms with Gasteiger partial charge in [-0.25, -0.2) is 0 Å². The van der Waals surface area contributed by atoms with E-state index >= 15 is 0 Å². The fourth-order valence-corrected chi connectivity index (χ4v) is 2.81. The molecule has 0 saturated heterocycles. The van der Waals surface area contributed by atoms with Gasteiger partial charge in [-0.2, -0.15) is 0 Å². The lowest BCUT2D eigenvalue weighted by Crippen LogP contribution is -2.33. The van der Waals surface area contributed by atoms with Crippen molar-refractivity contribution in [3.63, 3.8) is 0 Å². The van der Waals surface area contributed by atoms with E-state index in [9.17, 15) is 9.90 Å². The predicted octanol–water partition coefficient (Wildman–Crippen LogP) is 2.63. The molecule has 2 unspecified atom stereocenters. The maximum atomic E-state index is 12.2. The van der Waals surface area contributed by atoms with Gasteiger partial charge in [0.25, 0.3) is 5.91 Å². The monoisotopic (exact) mass is 297 g/mol. The molecule has 2 rings (SSSR count). The number of aliphatic hydroxyl groups is 1. The highest BCUT2D eigenvalue weighted by Crippen LogP contribution is 2.25. The molecule has 1 aliphatic rings. The summed E-state index contributed by atoms with van der Waals surface area (Å²) in [4.78, 5) is 12.2. The van der Waals surface area contributed by atoms with Gasteiger partial charge < -0.3 is 15.2 Å². The molecule has 0 radical (unpaired) electrons. The maximum Gasteiger partial charge on any atom is 0.255 e. The van der Waals surface area contributed by atoms with E-state index in [4.69, 9.17) is 16.3 Å². The lowest BCUT2D eigenvalue weighted by atomic mass is 9.87. The van der Waals surface area contributed by atoms with E-state index in [2.05, 4.69) is 5.32 Å². The van der Waals surface area contributed by atoms with Crippen molar-refractivity contribution in [2.75, 3.05) is 13.7 Å². The summed E-state index contributed by atoms with van der Waals surface area (Å²) in [5, 5.41) is 13.0. The molecule has 0 spiro atoms. The van der Waals surface area contributed by atoms with Crippen LogP contribution in [0.3, 0.4) is 0 Å². The molecule has 2 N–H and O–H groups in total. The molecule has 2 atom stereocenters. The Morgan fingerprint density at radius 2 is 2.30 bits per heavy atom. The predicted molar refractivity (Wildman–Crippen MR) is 78.3 cm³/mol. The van der Waals surface area contributed by atoms with E-state index in [1.54, 1.807) is 18.2 Å². The molecule has 1 aliphatic carbocycles. The first-order valence-corrected chi connectivity index (χ1v) is 7.27. The van der Waals surface area contributed by atoms with E-state index in [1.807, 2.05) is 0 Å². The normalized spacial score (nSPS) is 22.4. The minimum atomic E-state index is -0.230. The first-order chi connectivity index (χ1) is 9.60. The van der Waals surface area contributed by atoms with Crippen LogP contribution in [0, 0.1) is 5.92 Å². The van der Waals surface area contributed by atoms with Gasteiger partial charge in [-0.05, 0) is 43.4 Å². The van der Waals surface area contributed by atoms with Gasteiger partial charge >= 0.3 is 0 Å². The second kappa shape index (κ2) is 6.95. The summed E-state index contributed by atoms with van der Waals surface area (Å²) in [6.07, 6.45) is 3.46. The van der Waals surface area contributed by atoms with Crippen LogP contribution in [0.5, 0.6) is 5.75 Å². The second-order valence-electron chi connectivity index (χ2n) is 5.24. The zero-order chi connectivity index (χ0) is 14.5. The third-order valence-corrected chi connectivity index (χ3v) is 3.95. The Hall–Kier alpha value is -1.26. The van der Waals surface area contributed by atoms with Gasteiger partial charge in [0, 0.05) is 11.6 Å². The average Bonchev–Trinajstić information content (AvgIpc) is 2.45. The van der Waals surface area contributed by atoms with E-state index < -0.39 is 0 Å². The number of aliphatic hydroxyl groups excluding tert-OH is 1. The van der Waals surface area contributed by atoms with Gasteiger partial charge in [-0.1, -0.05) is 18.0 Å². The van der Waals surface area contributed by atoms with Gasteiger partial charge in [0.1, 0.15) is 5.75 Å². The van der Waals surface area contributed by atoms with Crippen LogP contribution in [0.4, 0.5) is 0 Å². The smallest absolute Gasteiger partial charge is 0.255 e. The van der Waals surface area contributed by atoms with E-state index in [-0.39, 0.29) is 12.0 Å². The standard InChI is InChI=1S/C15H20ClNO3/c1-20-14-6-5-11(16)8-13(14)15(19)17-9-10-3-2-4-12(18)7-10/h5-6,8,10,12,18H,2-4,7,9H2,1H3,(H,17,19). The molecular formula is C15H20ClNO3. The van der Waals surface area contributed by atoms with E-state index in [1.165, 1.54) is 7.11 Å². The first-order valence-electron chi connectivity index (χ1n) is 6.90. The number of hydrogen-bond acceptors (Lipinski definition) is 3. The lowest BCUT2D eigenvalue weighted by molar-refractivity contribution is 0.0871. The number of carbonyl (C=O) groups is 1. The molecule has 1 amide bonds. The minimum absolute atomic E-state index is 0.190. The number of halogens is 1. The molecule has 0 aromatic heterocycles. The molecule has 1 saturated carbocycles. The molecule has 4 nitrogen and oxygen atoms in total. The van der Waals surface area contributed by atoms with Crippen molar-refractivity contribution in [3.05, 3.63) is 28.8 Å². The third-order valence-electron chi connectivity index (χ3n) is 3.71. The van der Waals surface area contributed by atoms with Crippen LogP contribution in [-0.4, -0.2) is 30.8 Å². The quantitative estimate of drug-likeness (QED) is 0.898. The van der Waals surface area contributed by atoms with Crippen LogP contribution in [0.1, 0.15) is 36.0 Å². The summed E-state index contributed by atoms with van der Waals surface area (Å²) < 4.78 is 5.17. The molecule has 0 aliphatic heterocycles. The van der Waals surface area contributed by atoms with Gasteiger partial charge in [0.2, 0.25) is 0 Å². The number of rotatable bonds is 4. The fraction of sp³-hybridized carbons (Fsp3) is 0.533. The average molecular weight is 298 g/mol. The summed E-state index contributed by atoms with van der Waals surface area (Å²) in [7, 11) is 1.53. The first kappa shape index (κ1) is 15.1. The number of hydrogen-bond donors (Lipinski definition) is 2. The Bertz CT molecular complexity index is 478. The van der Waals surface area contributed by atoms with Crippen molar-refractivity contribution in [2.45, 2.75) is 31.8 Å². The molecular weight excluding hydrogens is 278 g/mol.